The van der Waals surface area contributed by atoms with Crippen molar-refractivity contribution >= 4 is 0 Å². The fourth-order valence-electron chi connectivity index (χ4n) is 1.23. The molecule has 1 aliphatic rings. The quantitative estimate of drug-likeness (QED) is 0.649. The second kappa shape index (κ2) is 2.64. The van der Waals surface area contributed by atoms with Crippen LogP contribution in [0.15, 0.2) is 4.42 Å². The summed E-state index contributed by atoms with van der Waals surface area (Å²) in [5.41, 5.74) is 0. The van der Waals surface area contributed by atoms with E-state index in [0.717, 1.165) is 18.2 Å². The van der Waals surface area contributed by atoms with Crippen molar-refractivity contribution in [3.8, 4) is 0 Å². The molecular weight excluding hydrogens is 140 g/mol. The lowest BCUT2D eigenvalue weighted by atomic mass is 9.85. The van der Waals surface area contributed by atoms with E-state index in [2.05, 4.69) is 10.2 Å². The van der Waals surface area contributed by atoms with Crippen molar-refractivity contribution in [3.63, 3.8) is 0 Å². The second-order valence-corrected chi connectivity index (χ2v) is 3.02. The van der Waals surface area contributed by atoms with Gasteiger partial charge in [-0.3, -0.25) is 0 Å². The van der Waals surface area contributed by atoms with Crippen molar-refractivity contribution in [1.82, 2.24) is 10.2 Å². The zero-order valence-corrected chi connectivity index (χ0v) is 6.71. The normalized spacial score (nSPS) is 18.3. The Morgan fingerprint density at radius 3 is 2.73 bits per heavy atom. The van der Waals surface area contributed by atoms with E-state index in [1.54, 1.807) is 0 Å². The highest BCUT2D eigenvalue weighted by Gasteiger charge is 2.24. The van der Waals surface area contributed by atoms with Gasteiger partial charge in [0.1, 0.15) is 0 Å². The van der Waals surface area contributed by atoms with Gasteiger partial charge in [0.05, 0.1) is 0 Å². The summed E-state index contributed by atoms with van der Waals surface area (Å²) in [5.74, 6) is 2.20. The Morgan fingerprint density at radius 2 is 2.27 bits per heavy atom. The molecule has 0 N–H and O–H groups in total. The minimum Gasteiger partial charge on any atom is -0.425 e. The predicted molar refractivity (Wildman–Crippen MR) is 40.3 cm³/mol. The second-order valence-electron chi connectivity index (χ2n) is 3.02. The molecule has 3 nitrogen and oxygen atoms in total. The number of hydrogen-bond acceptors (Lipinski definition) is 3. The summed E-state index contributed by atoms with van der Waals surface area (Å²) < 4.78 is 5.41. The monoisotopic (exact) mass is 152 g/mol. The molecule has 1 aromatic rings. The van der Waals surface area contributed by atoms with Crippen LogP contribution in [-0.2, 0) is 6.42 Å². The SMILES string of the molecule is CCc1nnc(C2CCC2)o1. The molecule has 60 valence electrons. The standard InChI is InChI=1S/C8H12N2O/c1-2-7-9-10-8(11-7)6-4-3-5-6/h6H,2-5H2,1H3. The molecule has 1 aromatic heterocycles. The molecule has 2 rings (SSSR count). The highest BCUT2D eigenvalue weighted by Crippen LogP contribution is 2.35. The van der Waals surface area contributed by atoms with Crippen LogP contribution in [0.1, 0.15) is 43.9 Å². The maximum Gasteiger partial charge on any atom is 0.219 e. The van der Waals surface area contributed by atoms with Gasteiger partial charge in [-0.25, -0.2) is 0 Å². The zero-order chi connectivity index (χ0) is 7.68. The average Bonchev–Trinajstić information content (AvgIpc) is 2.32. The molecule has 1 fully saturated rings. The molecule has 0 unspecified atom stereocenters. The molecule has 0 spiro atoms. The summed E-state index contributed by atoms with van der Waals surface area (Å²) >= 11 is 0. The summed E-state index contributed by atoms with van der Waals surface area (Å²) in [6.45, 7) is 2.03. The first kappa shape index (κ1) is 6.83. The third-order valence-corrected chi connectivity index (χ3v) is 2.24. The third kappa shape index (κ3) is 1.15. The number of aryl methyl sites for hydroxylation is 1. The Hall–Kier alpha value is -0.860. The van der Waals surface area contributed by atoms with Gasteiger partial charge in [0.25, 0.3) is 0 Å². The molecule has 0 bridgehead atoms. The largest absolute Gasteiger partial charge is 0.425 e. The number of aromatic nitrogens is 2. The Kier molecular flexibility index (Phi) is 1.64. The predicted octanol–water partition coefficient (Wildman–Crippen LogP) is 1.90. The van der Waals surface area contributed by atoms with E-state index in [0.29, 0.717) is 5.92 Å². The number of nitrogens with zero attached hydrogens (tertiary/aromatic N) is 2. The molecule has 1 saturated carbocycles. The van der Waals surface area contributed by atoms with E-state index in [1.807, 2.05) is 6.92 Å². The number of hydrogen-bond donors (Lipinski definition) is 0. The molecule has 0 radical (unpaired) electrons. The fourth-order valence-corrected chi connectivity index (χ4v) is 1.23. The van der Waals surface area contributed by atoms with Gasteiger partial charge in [0.2, 0.25) is 11.8 Å². The summed E-state index contributed by atoms with van der Waals surface area (Å²) in [4.78, 5) is 0. The third-order valence-electron chi connectivity index (χ3n) is 2.24. The van der Waals surface area contributed by atoms with E-state index >= 15 is 0 Å². The van der Waals surface area contributed by atoms with E-state index in [4.69, 9.17) is 4.42 Å². The Bertz CT molecular complexity index is 240. The molecule has 0 amide bonds. The van der Waals surface area contributed by atoms with Gasteiger partial charge >= 0.3 is 0 Å². The van der Waals surface area contributed by atoms with Gasteiger partial charge in [0.15, 0.2) is 0 Å². The maximum atomic E-state index is 5.41. The lowest BCUT2D eigenvalue weighted by Gasteiger charge is -2.20. The van der Waals surface area contributed by atoms with Crippen LogP contribution in [0.2, 0.25) is 0 Å². The molecule has 0 saturated heterocycles. The fraction of sp³-hybridized carbons (Fsp3) is 0.750. The smallest absolute Gasteiger partial charge is 0.219 e. The van der Waals surface area contributed by atoms with Gasteiger partial charge < -0.3 is 4.42 Å². The van der Waals surface area contributed by atoms with Crippen LogP contribution >= 0.6 is 0 Å². The molecule has 0 aromatic carbocycles. The summed E-state index contributed by atoms with van der Waals surface area (Å²) in [6.07, 6.45) is 4.62. The minimum atomic E-state index is 0.572. The van der Waals surface area contributed by atoms with Crippen molar-refractivity contribution in [2.24, 2.45) is 0 Å². The lowest BCUT2D eigenvalue weighted by Crippen LogP contribution is -2.08. The molecule has 1 aliphatic carbocycles. The van der Waals surface area contributed by atoms with Crippen molar-refractivity contribution in [1.29, 1.82) is 0 Å². The van der Waals surface area contributed by atoms with E-state index in [-0.39, 0.29) is 0 Å². The molecule has 1 heterocycles. The van der Waals surface area contributed by atoms with Gasteiger partial charge in [-0.2, -0.15) is 0 Å². The van der Waals surface area contributed by atoms with Crippen molar-refractivity contribution in [2.75, 3.05) is 0 Å². The van der Waals surface area contributed by atoms with Crippen LogP contribution in [0.25, 0.3) is 0 Å². The molecule has 0 aliphatic heterocycles. The van der Waals surface area contributed by atoms with Gasteiger partial charge in [0, 0.05) is 12.3 Å². The van der Waals surface area contributed by atoms with Crippen molar-refractivity contribution in [3.05, 3.63) is 11.8 Å². The highest BCUT2D eigenvalue weighted by molar-refractivity contribution is 4.95. The first-order valence-electron chi connectivity index (χ1n) is 4.22. The first-order chi connectivity index (χ1) is 5.40. The van der Waals surface area contributed by atoms with Crippen LogP contribution in [0.5, 0.6) is 0 Å². The average molecular weight is 152 g/mol. The Balaban J connectivity index is 2.11. The molecule has 0 atom stereocenters. The van der Waals surface area contributed by atoms with E-state index in [9.17, 15) is 0 Å². The topological polar surface area (TPSA) is 38.9 Å². The molecular formula is C8H12N2O. The van der Waals surface area contributed by atoms with Crippen LogP contribution in [0.3, 0.4) is 0 Å². The maximum absolute atomic E-state index is 5.41. The lowest BCUT2D eigenvalue weighted by molar-refractivity contribution is 0.325. The van der Waals surface area contributed by atoms with Crippen LogP contribution in [-0.4, -0.2) is 10.2 Å². The molecule has 11 heavy (non-hydrogen) atoms. The Morgan fingerprint density at radius 1 is 1.45 bits per heavy atom. The van der Waals surface area contributed by atoms with Crippen molar-refractivity contribution in [2.45, 2.75) is 38.5 Å². The van der Waals surface area contributed by atoms with E-state index in [1.165, 1.54) is 19.3 Å². The summed E-state index contributed by atoms with van der Waals surface area (Å²) in [7, 11) is 0. The minimum absolute atomic E-state index is 0.572. The van der Waals surface area contributed by atoms with Crippen LogP contribution in [0, 0.1) is 0 Å². The van der Waals surface area contributed by atoms with Crippen LogP contribution < -0.4 is 0 Å². The van der Waals surface area contributed by atoms with E-state index < -0.39 is 0 Å². The molecule has 3 heteroatoms. The van der Waals surface area contributed by atoms with Gasteiger partial charge in [-0.1, -0.05) is 13.3 Å². The Labute approximate surface area is 65.8 Å². The number of rotatable bonds is 2. The summed E-state index contributed by atoms with van der Waals surface area (Å²) in [6, 6.07) is 0. The first-order valence-corrected chi connectivity index (χ1v) is 4.22. The van der Waals surface area contributed by atoms with Gasteiger partial charge in [-0.05, 0) is 12.8 Å². The van der Waals surface area contributed by atoms with Crippen LogP contribution in [0.4, 0.5) is 0 Å². The van der Waals surface area contributed by atoms with Crippen molar-refractivity contribution < 1.29 is 4.42 Å². The van der Waals surface area contributed by atoms with Gasteiger partial charge in [-0.15, -0.1) is 10.2 Å². The zero-order valence-electron chi connectivity index (χ0n) is 6.71. The summed E-state index contributed by atoms with van der Waals surface area (Å²) in [5, 5.41) is 7.91. The highest BCUT2D eigenvalue weighted by atomic mass is 16.4.